The summed E-state index contributed by atoms with van der Waals surface area (Å²) in [6, 6.07) is 3.90. The quantitative estimate of drug-likeness (QED) is 0.624. The van der Waals surface area contributed by atoms with E-state index in [1.807, 2.05) is 45.9 Å². The molecule has 0 unspecified atom stereocenters. The summed E-state index contributed by atoms with van der Waals surface area (Å²) in [5, 5.41) is 8.43. The van der Waals surface area contributed by atoms with Crippen molar-refractivity contribution in [3.05, 3.63) is 35.9 Å². The Morgan fingerprint density at radius 2 is 1.46 bits per heavy atom. The van der Waals surface area contributed by atoms with Crippen LogP contribution in [0.15, 0.2) is 24.5 Å². The minimum Gasteiger partial charge on any atom is -0.488 e. The smallest absolute Gasteiger partial charge is 0.0546 e. The molecule has 0 atom stereocenters. The second-order valence-electron chi connectivity index (χ2n) is 2.99. The molecule has 0 aliphatic carbocycles. The summed E-state index contributed by atoms with van der Waals surface area (Å²) in [5.41, 5.74) is 2.00. The van der Waals surface area contributed by atoms with Gasteiger partial charge in [0.15, 0.2) is 0 Å². The molecule has 66 valence electrons. The average molecular weight is 173 g/mol. The predicted molar refractivity (Wildman–Crippen MR) is 50.5 cm³/mol. The van der Waals surface area contributed by atoms with Crippen molar-refractivity contribution < 1.29 is 0 Å². The maximum atomic E-state index is 4.22. The van der Waals surface area contributed by atoms with E-state index in [-0.39, 0.29) is 0 Å². The Hall–Kier alpha value is -1.52. The van der Waals surface area contributed by atoms with Crippen molar-refractivity contribution in [3.63, 3.8) is 0 Å². The van der Waals surface area contributed by atoms with E-state index < -0.39 is 0 Å². The maximum absolute atomic E-state index is 4.22. The van der Waals surface area contributed by atoms with E-state index in [9.17, 15) is 0 Å². The van der Waals surface area contributed by atoms with Crippen LogP contribution in [0.5, 0.6) is 0 Å². The Kier molecular flexibility index (Phi) is 1.92. The molecule has 2 heterocycles. The van der Waals surface area contributed by atoms with Crippen LogP contribution < -0.4 is 0 Å². The summed E-state index contributed by atoms with van der Waals surface area (Å²) in [6.45, 7) is 3.91. The first-order chi connectivity index (χ1) is 6.24. The van der Waals surface area contributed by atoms with Gasteiger partial charge in [0.2, 0.25) is 0 Å². The summed E-state index contributed by atoms with van der Waals surface area (Å²) >= 11 is 0. The van der Waals surface area contributed by atoms with Crippen molar-refractivity contribution in [3.8, 4) is 0 Å². The molecule has 0 amide bonds. The molecule has 0 bridgehead atoms. The van der Waals surface area contributed by atoms with Gasteiger partial charge in [-0.25, -0.2) is 10.2 Å². The van der Waals surface area contributed by atoms with Crippen LogP contribution in [-0.4, -0.2) is 26.9 Å². The lowest BCUT2D eigenvalue weighted by atomic mass is 10.2. The molecule has 0 fully saturated rings. The van der Waals surface area contributed by atoms with Gasteiger partial charge in [-0.1, -0.05) is 0 Å². The molecule has 4 nitrogen and oxygen atoms in total. The van der Waals surface area contributed by atoms with E-state index in [2.05, 4.69) is 10.2 Å². The van der Waals surface area contributed by atoms with E-state index in [4.69, 9.17) is 0 Å². The molecule has 2 aromatic rings. The molecule has 0 saturated carbocycles. The lowest BCUT2D eigenvalue weighted by Crippen LogP contribution is -2.17. The third-order valence-corrected chi connectivity index (χ3v) is 1.72. The Morgan fingerprint density at radius 3 is 1.77 bits per heavy atom. The first-order valence-corrected chi connectivity index (χ1v) is 4.12. The fourth-order valence-electron chi connectivity index (χ4n) is 1.12. The van der Waals surface area contributed by atoms with Crippen molar-refractivity contribution in [2.24, 2.45) is 0 Å². The third kappa shape index (κ3) is 1.80. The molecule has 13 heavy (non-hydrogen) atoms. The van der Waals surface area contributed by atoms with E-state index in [1.54, 1.807) is 9.19 Å². The van der Waals surface area contributed by atoms with E-state index in [1.165, 1.54) is 0 Å². The Labute approximate surface area is 77.5 Å². The number of aryl methyl sites for hydroxylation is 2. The van der Waals surface area contributed by atoms with Crippen LogP contribution in [0.25, 0.3) is 0 Å². The fraction of sp³-hybridized carbons (Fsp3) is 0.250. The zero-order valence-corrected chi connectivity index (χ0v) is 7.68. The number of rotatable bonds is 2. The lowest BCUT2D eigenvalue weighted by molar-refractivity contribution is 0.865. The average Bonchev–Trinajstić information content (AvgIpc) is 2.62. The molecule has 0 saturated heterocycles. The summed E-state index contributed by atoms with van der Waals surface area (Å²) < 4.78 is 3.48. The molecule has 0 aliphatic heterocycles. The van der Waals surface area contributed by atoms with Crippen LogP contribution in [0, 0.1) is 13.8 Å². The highest BCUT2D eigenvalue weighted by Gasteiger charge is 1.86. The normalized spacial score (nSPS) is 10.6. The van der Waals surface area contributed by atoms with Gasteiger partial charge in [-0.15, -0.1) is 0 Å². The summed E-state index contributed by atoms with van der Waals surface area (Å²) in [5.74, 6) is 0. The standard InChI is InChI=1S/C8H10BN4/c1-7-3-5-12(10-7)9-13-6-4-8(2)11-13/h3-6H,1-2H3/q-1. The van der Waals surface area contributed by atoms with Gasteiger partial charge in [-0.3, -0.25) is 0 Å². The van der Waals surface area contributed by atoms with Gasteiger partial charge < -0.3 is 9.19 Å². The predicted octanol–water partition coefficient (Wildman–Crippen LogP) is 0.627. The van der Waals surface area contributed by atoms with Crippen LogP contribution in [0.2, 0.25) is 0 Å². The fourth-order valence-corrected chi connectivity index (χ4v) is 1.12. The van der Waals surface area contributed by atoms with Crippen LogP contribution in [0.3, 0.4) is 0 Å². The van der Waals surface area contributed by atoms with Gasteiger partial charge in [0.1, 0.15) is 0 Å². The Bertz CT molecular complexity index is 365. The first-order valence-electron chi connectivity index (χ1n) is 4.12. The van der Waals surface area contributed by atoms with Crippen molar-refractivity contribution in [2.75, 3.05) is 0 Å². The number of hydrogen-bond donors (Lipinski definition) is 0. The summed E-state index contributed by atoms with van der Waals surface area (Å²) in [6.07, 6.45) is 3.79. The van der Waals surface area contributed by atoms with Gasteiger partial charge in [0.05, 0.1) is 11.4 Å². The molecule has 2 aromatic heterocycles. The van der Waals surface area contributed by atoms with Gasteiger partial charge in [0, 0.05) is 0 Å². The Balaban J connectivity index is 2.14. The molecule has 5 heteroatoms. The number of nitrogens with zero attached hydrogens (tertiary/aromatic N) is 4. The Morgan fingerprint density at radius 1 is 1.00 bits per heavy atom. The van der Waals surface area contributed by atoms with Crippen LogP contribution in [0.1, 0.15) is 11.4 Å². The van der Waals surface area contributed by atoms with Crippen molar-refractivity contribution in [2.45, 2.75) is 13.8 Å². The highest BCUT2D eigenvalue weighted by molar-refractivity contribution is 6.30. The molecular formula is C8H10BN4-. The summed E-state index contributed by atoms with van der Waals surface area (Å²) in [4.78, 5) is 0. The van der Waals surface area contributed by atoms with E-state index in [0.29, 0.717) is 0 Å². The molecule has 2 rings (SSSR count). The molecule has 0 spiro atoms. The molecule has 0 N–H and O–H groups in total. The minimum absolute atomic E-state index is 1.00. The van der Waals surface area contributed by atoms with Crippen molar-refractivity contribution in [1.82, 2.24) is 19.4 Å². The zero-order valence-electron chi connectivity index (χ0n) is 7.68. The summed E-state index contributed by atoms with van der Waals surface area (Å²) in [7, 11) is 1.82. The van der Waals surface area contributed by atoms with Gasteiger partial charge in [-0.05, 0) is 45.9 Å². The van der Waals surface area contributed by atoms with E-state index in [0.717, 1.165) is 11.4 Å². The second-order valence-corrected chi connectivity index (χ2v) is 2.99. The monoisotopic (exact) mass is 173 g/mol. The highest BCUT2D eigenvalue weighted by Crippen LogP contribution is 1.93. The van der Waals surface area contributed by atoms with E-state index >= 15 is 0 Å². The highest BCUT2D eigenvalue weighted by atomic mass is 15.3. The topological polar surface area (TPSA) is 35.6 Å². The van der Waals surface area contributed by atoms with Gasteiger partial charge in [-0.2, -0.15) is 0 Å². The van der Waals surface area contributed by atoms with Crippen LogP contribution >= 0.6 is 0 Å². The minimum atomic E-state index is 1.00. The molecule has 2 radical (unpaired) electrons. The number of hydrogen-bond acceptors (Lipinski definition) is 2. The largest absolute Gasteiger partial charge is 0.488 e. The van der Waals surface area contributed by atoms with Crippen molar-refractivity contribution in [1.29, 1.82) is 0 Å². The first kappa shape index (κ1) is 8.10. The maximum Gasteiger partial charge on any atom is 0.0546 e. The zero-order chi connectivity index (χ0) is 9.26. The third-order valence-electron chi connectivity index (χ3n) is 1.72. The van der Waals surface area contributed by atoms with Gasteiger partial charge >= 0.3 is 0 Å². The lowest BCUT2D eigenvalue weighted by Gasteiger charge is -2.16. The van der Waals surface area contributed by atoms with Crippen LogP contribution in [0.4, 0.5) is 0 Å². The number of aromatic nitrogens is 4. The SMILES string of the molecule is Cc1ccn([B-]n2ccc(C)n2)n1. The molecule has 0 aliphatic rings. The second kappa shape index (κ2) is 3.09. The van der Waals surface area contributed by atoms with Gasteiger partial charge in [0.25, 0.3) is 0 Å². The molecule has 0 aromatic carbocycles. The molecular weight excluding hydrogens is 163 g/mol. The van der Waals surface area contributed by atoms with Crippen molar-refractivity contribution >= 4 is 7.55 Å². The van der Waals surface area contributed by atoms with Crippen LogP contribution in [-0.2, 0) is 0 Å².